The number of phenolic OH excluding ortho intramolecular Hbond substituents is 1. The Labute approximate surface area is 258 Å². The molecule has 0 atom stereocenters. The normalized spacial score (nSPS) is 11.3. The molecule has 4 aromatic rings. The minimum absolute atomic E-state index is 0.0153. The van der Waals surface area contributed by atoms with Gasteiger partial charge in [-0.15, -0.1) is 0 Å². The monoisotopic (exact) mass is 617 g/mol. The maximum absolute atomic E-state index is 13.4. The molecule has 44 heavy (non-hydrogen) atoms. The first-order valence-corrected chi connectivity index (χ1v) is 14.0. The average molecular weight is 618 g/mol. The van der Waals surface area contributed by atoms with Crippen LogP contribution in [-0.4, -0.2) is 38.5 Å². The summed E-state index contributed by atoms with van der Waals surface area (Å²) in [5, 5.41) is 15.7. The van der Waals surface area contributed by atoms with Crippen molar-refractivity contribution in [3.05, 3.63) is 105 Å². The molecule has 228 valence electrons. The summed E-state index contributed by atoms with van der Waals surface area (Å²) in [6.07, 6.45) is -0.811. The number of hydrogen-bond donors (Lipinski definition) is 5. The Kier molecular flexibility index (Phi) is 10.2. The van der Waals surface area contributed by atoms with E-state index in [2.05, 4.69) is 20.6 Å². The molecular formula is C31H32ClN7O5. The highest BCUT2D eigenvalue weighted by Gasteiger charge is 2.20. The number of halogens is 1. The van der Waals surface area contributed by atoms with Crippen LogP contribution in [0.15, 0.2) is 82.6 Å². The van der Waals surface area contributed by atoms with Crippen molar-refractivity contribution in [3.63, 3.8) is 0 Å². The number of rotatable bonds is 10. The molecule has 0 aliphatic carbocycles. The number of nitrogen functional groups attached to an aromatic ring is 1. The minimum Gasteiger partial charge on any atom is -0.508 e. The third-order valence-corrected chi connectivity index (χ3v) is 6.48. The molecule has 3 aromatic carbocycles. The van der Waals surface area contributed by atoms with Gasteiger partial charge >= 0.3 is 6.09 Å². The van der Waals surface area contributed by atoms with Crippen molar-refractivity contribution in [2.45, 2.75) is 39.6 Å². The molecule has 0 radical (unpaired) electrons. The van der Waals surface area contributed by atoms with Crippen molar-refractivity contribution in [2.75, 3.05) is 11.1 Å². The highest BCUT2D eigenvalue weighted by molar-refractivity contribution is 6.32. The van der Waals surface area contributed by atoms with E-state index in [1.807, 2.05) is 44.2 Å². The van der Waals surface area contributed by atoms with E-state index >= 15 is 0 Å². The molecule has 1 heterocycles. The van der Waals surface area contributed by atoms with E-state index in [1.165, 1.54) is 22.8 Å². The van der Waals surface area contributed by atoms with Gasteiger partial charge in [0.2, 0.25) is 5.91 Å². The predicted octanol–water partition coefficient (Wildman–Crippen LogP) is 4.03. The first kappa shape index (κ1) is 31.6. The molecule has 4 rings (SSSR count). The Morgan fingerprint density at radius 1 is 1.07 bits per heavy atom. The summed E-state index contributed by atoms with van der Waals surface area (Å²) in [4.78, 5) is 46.5. The summed E-state index contributed by atoms with van der Waals surface area (Å²) in [6, 6.07) is 20.1. The number of amides is 2. The second-order valence-corrected chi connectivity index (χ2v) is 10.5. The summed E-state index contributed by atoms with van der Waals surface area (Å²) >= 11 is 6.49. The number of amidine groups is 1. The summed E-state index contributed by atoms with van der Waals surface area (Å²) < 4.78 is 6.32. The third kappa shape index (κ3) is 8.35. The van der Waals surface area contributed by atoms with E-state index in [0.29, 0.717) is 11.1 Å². The molecule has 0 fully saturated rings. The van der Waals surface area contributed by atoms with Gasteiger partial charge in [-0.05, 0) is 37.1 Å². The minimum atomic E-state index is -0.811. The average Bonchev–Trinajstić information content (AvgIpc) is 2.97. The van der Waals surface area contributed by atoms with Gasteiger partial charge in [0.25, 0.3) is 5.56 Å². The number of carbonyl (C=O) groups is 2. The number of nitrogens with one attached hydrogen (secondary N) is 2. The van der Waals surface area contributed by atoms with Crippen molar-refractivity contribution in [3.8, 4) is 17.0 Å². The van der Waals surface area contributed by atoms with Crippen LogP contribution >= 0.6 is 11.6 Å². The SMILES string of the molecule is CC(C)Nc1nc(Cl)c(-c2cc(N)cc(O)c2)n(CC(=O)NCc2ccc(/C(N)=N/C(=O)OCc3ccccc3)cc2)c1=O. The first-order chi connectivity index (χ1) is 21.0. The zero-order valence-corrected chi connectivity index (χ0v) is 24.8. The van der Waals surface area contributed by atoms with Crippen LogP contribution in [0.5, 0.6) is 5.75 Å². The lowest BCUT2D eigenvalue weighted by Gasteiger charge is -2.18. The number of hydrogen-bond acceptors (Lipinski definition) is 8. The number of nitrogens with zero attached hydrogens (tertiary/aromatic N) is 3. The number of ether oxygens (including phenoxy) is 1. The molecule has 0 bridgehead atoms. The predicted molar refractivity (Wildman–Crippen MR) is 169 cm³/mol. The molecule has 7 N–H and O–H groups in total. The van der Waals surface area contributed by atoms with Gasteiger partial charge in [-0.1, -0.05) is 66.2 Å². The van der Waals surface area contributed by atoms with E-state index in [1.54, 1.807) is 24.3 Å². The Morgan fingerprint density at radius 2 is 1.77 bits per heavy atom. The van der Waals surface area contributed by atoms with Gasteiger partial charge in [0, 0.05) is 35.5 Å². The van der Waals surface area contributed by atoms with E-state index in [4.69, 9.17) is 27.8 Å². The third-order valence-electron chi connectivity index (χ3n) is 6.22. The second kappa shape index (κ2) is 14.2. The molecule has 1 aromatic heterocycles. The number of anilines is 2. The fourth-order valence-electron chi connectivity index (χ4n) is 4.21. The van der Waals surface area contributed by atoms with Crippen molar-refractivity contribution in [2.24, 2.45) is 10.7 Å². The van der Waals surface area contributed by atoms with Crippen LogP contribution in [0, 0.1) is 0 Å². The van der Waals surface area contributed by atoms with Crippen LogP contribution in [0.1, 0.15) is 30.5 Å². The lowest BCUT2D eigenvalue weighted by Crippen LogP contribution is -2.35. The van der Waals surface area contributed by atoms with Crippen molar-refractivity contribution in [1.29, 1.82) is 0 Å². The van der Waals surface area contributed by atoms with Crippen LogP contribution in [0.3, 0.4) is 0 Å². The van der Waals surface area contributed by atoms with Crippen molar-refractivity contribution in [1.82, 2.24) is 14.9 Å². The molecule has 2 amide bonds. The molecule has 0 saturated carbocycles. The number of aromatic nitrogens is 2. The van der Waals surface area contributed by atoms with Crippen molar-refractivity contribution >= 4 is 40.9 Å². The van der Waals surface area contributed by atoms with Gasteiger partial charge in [-0.3, -0.25) is 14.2 Å². The van der Waals surface area contributed by atoms with Gasteiger partial charge < -0.3 is 31.9 Å². The van der Waals surface area contributed by atoms with E-state index < -0.39 is 17.6 Å². The number of phenols is 1. The summed E-state index contributed by atoms with van der Waals surface area (Å²) in [6.45, 7) is 3.48. The first-order valence-electron chi connectivity index (χ1n) is 13.6. The summed E-state index contributed by atoms with van der Waals surface area (Å²) in [5.41, 5.74) is 14.0. The largest absolute Gasteiger partial charge is 0.508 e. The highest BCUT2D eigenvalue weighted by Crippen LogP contribution is 2.31. The maximum atomic E-state index is 13.4. The molecule has 12 nitrogen and oxygen atoms in total. The Balaban J connectivity index is 1.45. The number of aliphatic imine (C=N–C) groups is 1. The number of carbonyl (C=O) groups excluding carboxylic acids is 2. The van der Waals surface area contributed by atoms with E-state index in [9.17, 15) is 19.5 Å². The fraction of sp³-hybridized carbons (Fsp3) is 0.194. The van der Waals surface area contributed by atoms with Gasteiger partial charge in [0.15, 0.2) is 11.0 Å². The van der Waals surface area contributed by atoms with Crippen LogP contribution < -0.4 is 27.7 Å². The van der Waals surface area contributed by atoms with Gasteiger partial charge in [0.1, 0.15) is 24.7 Å². The Bertz CT molecular complexity index is 1720. The molecule has 0 unspecified atom stereocenters. The summed E-state index contributed by atoms with van der Waals surface area (Å²) in [5.74, 6) is -0.653. The fourth-order valence-corrected chi connectivity index (χ4v) is 4.51. The zero-order valence-electron chi connectivity index (χ0n) is 24.1. The maximum Gasteiger partial charge on any atom is 0.435 e. The van der Waals surface area contributed by atoms with Crippen LogP contribution in [0.25, 0.3) is 11.3 Å². The lowest BCUT2D eigenvalue weighted by atomic mass is 10.1. The molecule has 0 aliphatic rings. The molecule has 13 heteroatoms. The number of nitrogens with two attached hydrogens (primary N) is 2. The quantitative estimate of drug-likeness (QED) is 0.0994. The smallest absolute Gasteiger partial charge is 0.435 e. The molecule has 0 aliphatic heterocycles. The Hall–Kier alpha value is -5.36. The number of benzene rings is 3. The van der Waals surface area contributed by atoms with E-state index in [0.717, 1.165) is 11.1 Å². The van der Waals surface area contributed by atoms with Gasteiger partial charge in [-0.25, -0.2) is 9.78 Å². The lowest BCUT2D eigenvalue weighted by molar-refractivity contribution is -0.121. The van der Waals surface area contributed by atoms with Crippen LogP contribution in [-0.2, 0) is 29.2 Å². The molecule has 0 saturated heterocycles. The van der Waals surface area contributed by atoms with Gasteiger partial charge in [-0.2, -0.15) is 4.99 Å². The van der Waals surface area contributed by atoms with Crippen molar-refractivity contribution < 1.29 is 19.4 Å². The van der Waals surface area contributed by atoms with Gasteiger partial charge in [0.05, 0.1) is 5.69 Å². The molecule has 0 spiro atoms. The topological polar surface area (TPSA) is 187 Å². The van der Waals surface area contributed by atoms with E-state index in [-0.39, 0.29) is 59.7 Å². The second-order valence-electron chi connectivity index (χ2n) is 10.1. The number of aromatic hydroxyl groups is 1. The van der Waals surface area contributed by atoms with Crippen LogP contribution in [0.4, 0.5) is 16.3 Å². The highest BCUT2D eigenvalue weighted by atomic mass is 35.5. The van der Waals surface area contributed by atoms with Crippen LogP contribution in [0.2, 0.25) is 5.15 Å². The Morgan fingerprint density at radius 3 is 2.43 bits per heavy atom. The summed E-state index contributed by atoms with van der Waals surface area (Å²) in [7, 11) is 0. The molecular weight excluding hydrogens is 586 g/mol. The zero-order chi connectivity index (χ0) is 31.8. The standard InChI is InChI=1S/C31H32ClN7O5/c1-18(2)36-29-30(42)39(26(27(32)37-29)22-12-23(33)14-24(40)13-22)16-25(41)35-15-19-8-10-21(11-9-19)28(34)38-31(43)44-17-20-6-4-3-5-7-20/h3-14,18,40H,15-17,33H2,1-2H3,(H,35,41)(H,36,37)(H2,34,38,43).